The fraction of sp³-hybridized carbons (Fsp3) is 0.556. The Hall–Kier alpha value is 0.240. The highest BCUT2D eigenvalue weighted by Crippen LogP contribution is 2.21. The topological polar surface area (TPSA) is 12.0 Å². The molecule has 0 aliphatic rings. The molecule has 74 valence electrons. The molecule has 1 N–H and O–H groups in total. The SMILES string of the molecule is CC(C)(CCl)NCc1ccc(Cl)s1. The first-order valence-electron chi connectivity index (χ1n) is 4.09. The van der Waals surface area contributed by atoms with Gasteiger partial charge in [-0.1, -0.05) is 11.6 Å². The van der Waals surface area contributed by atoms with Gasteiger partial charge in [-0.15, -0.1) is 22.9 Å². The number of thiophene rings is 1. The van der Waals surface area contributed by atoms with Crippen molar-refractivity contribution < 1.29 is 0 Å². The van der Waals surface area contributed by atoms with Crippen molar-refractivity contribution in [3.05, 3.63) is 21.3 Å². The van der Waals surface area contributed by atoms with Crippen LogP contribution in [0.25, 0.3) is 0 Å². The number of nitrogens with one attached hydrogen (secondary N) is 1. The van der Waals surface area contributed by atoms with Gasteiger partial charge in [0.2, 0.25) is 0 Å². The lowest BCUT2D eigenvalue weighted by molar-refractivity contribution is 0.431. The van der Waals surface area contributed by atoms with Crippen LogP contribution in [0.2, 0.25) is 4.34 Å². The van der Waals surface area contributed by atoms with E-state index in [9.17, 15) is 0 Å². The molecule has 0 saturated carbocycles. The first kappa shape index (κ1) is 11.3. The van der Waals surface area contributed by atoms with Gasteiger partial charge in [-0.05, 0) is 26.0 Å². The zero-order valence-electron chi connectivity index (χ0n) is 7.73. The summed E-state index contributed by atoms with van der Waals surface area (Å²) >= 11 is 13.2. The average Bonchev–Trinajstić information content (AvgIpc) is 2.48. The maximum Gasteiger partial charge on any atom is 0.0931 e. The van der Waals surface area contributed by atoms with Gasteiger partial charge in [0.05, 0.1) is 4.34 Å². The Kier molecular flexibility index (Phi) is 4.05. The van der Waals surface area contributed by atoms with E-state index < -0.39 is 0 Å². The summed E-state index contributed by atoms with van der Waals surface area (Å²) in [5.41, 5.74) is -0.0159. The van der Waals surface area contributed by atoms with Crippen molar-refractivity contribution in [1.29, 1.82) is 0 Å². The van der Waals surface area contributed by atoms with Crippen LogP contribution in [-0.2, 0) is 6.54 Å². The second kappa shape index (κ2) is 4.65. The van der Waals surface area contributed by atoms with Gasteiger partial charge in [0.15, 0.2) is 0 Å². The van der Waals surface area contributed by atoms with Crippen molar-refractivity contribution >= 4 is 34.5 Å². The lowest BCUT2D eigenvalue weighted by atomic mass is 10.1. The Morgan fingerprint density at radius 2 is 2.15 bits per heavy atom. The van der Waals surface area contributed by atoms with Crippen LogP contribution >= 0.6 is 34.5 Å². The molecule has 0 amide bonds. The van der Waals surface area contributed by atoms with E-state index >= 15 is 0 Å². The molecule has 13 heavy (non-hydrogen) atoms. The Morgan fingerprint density at radius 3 is 2.62 bits per heavy atom. The summed E-state index contributed by atoms with van der Waals surface area (Å²) in [7, 11) is 0. The molecule has 1 aromatic heterocycles. The fourth-order valence-corrected chi connectivity index (χ4v) is 1.94. The quantitative estimate of drug-likeness (QED) is 0.791. The van der Waals surface area contributed by atoms with E-state index in [1.165, 1.54) is 4.88 Å². The summed E-state index contributed by atoms with van der Waals surface area (Å²) in [5.74, 6) is 0.603. The highest BCUT2D eigenvalue weighted by molar-refractivity contribution is 7.16. The molecule has 0 saturated heterocycles. The number of hydrogen-bond donors (Lipinski definition) is 1. The van der Waals surface area contributed by atoms with Gasteiger partial charge >= 0.3 is 0 Å². The summed E-state index contributed by atoms with van der Waals surface area (Å²) in [6.45, 7) is 4.99. The van der Waals surface area contributed by atoms with Crippen molar-refractivity contribution in [1.82, 2.24) is 5.32 Å². The van der Waals surface area contributed by atoms with Gasteiger partial charge in [0, 0.05) is 22.8 Å². The lowest BCUT2D eigenvalue weighted by Gasteiger charge is -2.22. The van der Waals surface area contributed by atoms with Crippen LogP contribution in [0.4, 0.5) is 0 Å². The third-order valence-electron chi connectivity index (χ3n) is 1.70. The van der Waals surface area contributed by atoms with Crippen LogP contribution in [0.15, 0.2) is 12.1 Å². The molecule has 0 atom stereocenters. The van der Waals surface area contributed by atoms with E-state index in [0.717, 1.165) is 10.9 Å². The predicted molar refractivity (Wildman–Crippen MR) is 61.0 cm³/mol. The van der Waals surface area contributed by atoms with E-state index in [0.29, 0.717) is 5.88 Å². The molecule has 1 heterocycles. The van der Waals surface area contributed by atoms with Crippen LogP contribution < -0.4 is 5.32 Å². The van der Waals surface area contributed by atoms with E-state index in [1.54, 1.807) is 11.3 Å². The maximum atomic E-state index is 5.81. The summed E-state index contributed by atoms with van der Waals surface area (Å²) in [6.07, 6.45) is 0. The second-order valence-electron chi connectivity index (χ2n) is 3.58. The maximum absolute atomic E-state index is 5.81. The highest BCUT2D eigenvalue weighted by atomic mass is 35.5. The second-order valence-corrected chi connectivity index (χ2v) is 5.64. The van der Waals surface area contributed by atoms with Gasteiger partial charge < -0.3 is 5.32 Å². The number of rotatable bonds is 4. The molecular weight excluding hydrogens is 225 g/mol. The summed E-state index contributed by atoms with van der Waals surface area (Å²) in [4.78, 5) is 1.24. The molecule has 0 aromatic carbocycles. The molecule has 0 radical (unpaired) electrons. The molecule has 0 unspecified atom stereocenters. The smallest absolute Gasteiger partial charge is 0.0931 e. The Labute approximate surface area is 93.1 Å². The molecule has 0 fully saturated rings. The Morgan fingerprint density at radius 1 is 1.46 bits per heavy atom. The molecule has 0 aliphatic heterocycles. The number of alkyl halides is 1. The van der Waals surface area contributed by atoms with Crippen molar-refractivity contribution in [2.45, 2.75) is 25.9 Å². The van der Waals surface area contributed by atoms with Gasteiger partial charge in [0.1, 0.15) is 0 Å². The van der Waals surface area contributed by atoms with E-state index in [4.69, 9.17) is 23.2 Å². The highest BCUT2D eigenvalue weighted by Gasteiger charge is 2.14. The molecular formula is C9H13Cl2NS. The van der Waals surface area contributed by atoms with Crippen LogP contribution in [0.1, 0.15) is 18.7 Å². The lowest BCUT2D eigenvalue weighted by Crippen LogP contribution is -2.40. The summed E-state index contributed by atoms with van der Waals surface area (Å²) in [6, 6.07) is 3.95. The van der Waals surface area contributed by atoms with Gasteiger partial charge in [0.25, 0.3) is 0 Å². The minimum absolute atomic E-state index is 0.0159. The van der Waals surface area contributed by atoms with Crippen molar-refractivity contribution in [2.75, 3.05) is 5.88 Å². The zero-order chi connectivity index (χ0) is 9.90. The molecule has 4 heteroatoms. The minimum Gasteiger partial charge on any atom is -0.306 e. The molecule has 0 spiro atoms. The average molecular weight is 238 g/mol. The van der Waals surface area contributed by atoms with Crippen LogP contribution in [-0.4, -0.2) is 11.4 Å². The minimum atomic E-state index is -0.0159. The van der Waals surface area contributed by atoms with Crippen LogP contribution in [0.3, 0.4) is 0 Å². The van der Waals surface area contributed by atoms with Crippen molar-refractivity contribution in [3.63, 3.8) is 0 Å². The first-order chi connectivity index (χ1) is 6.03. The molecule has 1 nitrogen and oxygen atoms in total. The number of halogens is 2. The third-order valence-corrected chi connectivity index (χ3v) is 3.60. The predicted octanol–water partition coefficient (Wildman–Crippen LogP) is 3.51. The fourth-order valence-electron chi connectivity index (χ4n) is 0.820. The van der Waals surface area contributed by atoms with Crippen LogP contribution in [0.5, 0.6) is 0 Å². The van der Waals surface area contributed by atoms with Gasteiger partial charge in [-0.2, -0.15) is 0 Å². The normalized spacial score (nSPS) is 12.0. The largest absolute Gasteiger partial charge is 0.306 e. The Balaban J connectivity index is 2.43. The summed E-state index contributed by atoms with van der Waals surface area (Å²) < 4.78 is 0.834. The monoisotopic (exact) mass is 237 g/mol. The van der Waals surface area contributed by atoms with E-state index in [1.807, 2.05) is 12.1 Å². The third kappa shape index (κ3) is 3.86. The standard InChI is InChI=1S/C9H13Cl2NS/c1-9(2,6-10)12-5-7-3-4-8(11)13-7/h3-4,12H,5-6H2,1-2H3. The van der Waals surface area contributed by atoms with Crippen molar-refractivity contribution in [3.8, 4) is 0 Å². The number of hydrogen-bond acceptors (Lipinski definition) is 2. The molecule has 0 aliphatic carbocycles. The summed E-state index contributed by atoms with van der Waals surface area (Å²) in [5, 5.41) is 3.36. The Bertz CT molecular complexity index is 270. The van der Waals surface area contributed by atoms with E-state index in [2.05, 4.69) is 19.2 Å². The van der Waals surface area contributed by atoms with Crippen molar-refractivity contribution in [2.24, 2.45) is 0 Å². The zero-order valence-corrected chi connectivity index (χ0v) is 10.1. The molecule has 1 rings (SSSR count). The van der Waals surface area contributed by atoms with Gasteiger partial charge in [-0.25, -0.2) is 0 Å². The first-order valence-corrected chi connectivity index (χ1v) is 5.81. The molecule has 1 aromatic rings. The van der Waals surface area contributed by atoms with Gasteiger partial charge in [-0.3, -0.25) is 0 Å². The van der Waals surface area contributed by atoms with Crippen LogP contribution in [0, 0.1) is 0 Å². The molecule has 0 bridgehead atoms. The van der Waals surface area contributed by atoms with E-state index in [-0.39, 0.29) is 5.54 Å².